The zero-order valence-electron chi connectivity index (χ0n) is 9.39. The van der Waals surface area contributed by atoms with E-state index in [1.807, 2.05) is 0 Å². The monoisotopic (exact) mass is 316 g/mol. The van der Waals surface area contributed by atoms with E-state index in [4.69, 9.17) is 19.3 Å². The van der Waals surface area contributed by atoms with Crippen molar-refractivity contribution in [3.8, 4) is 11.5 Å². The Morgan fingerprint density at radius 1 is 0.722 bits per heavy atom. The van der Waals surface area contributed by atoms with Gasteiger partial charge in [-0.25, -0.2) is 0 Å². The Morgan fingerprint density at radius 2 is 1.00 bits per heavy atom. The number of aromatic hydroxyl groups is 2. The van der Waals surface area contributed by atoms with Gasteiger partial charge in [-0.2, -0.15) is 16.8 Å². The zero-order valence-corrected chi connectivity index (χ0v) is 15.0. The van der Waals surface area contributed by atoms with Gasteiger partial charge in [-0.05, 0) is 6.07 Å². The summed E-state index contributed by atoms with van der Waals surface area (Å²) in [6, 6.07) is 0.599. The molecule has 0 aliphatic rings. The summed E-state index contributed by atoms with van der Waals surface area (Å²) in [6.45, 7) is 0. The molecule has 8 nitrogen and oxygen atoms in total. The van der Waals surface area contributed by atoms with Crippen molar-refractivity contribution in [3.63, 3.8) is 0 Å². The molecule has 0 saturated heterocycles. The maximum absolute atomic E-state index is 10.7. The van der Waals surface area contributed by atoms with E-state index in [0.29, 0.717) is 6.07 Å². The second-order valence-electron chi connectivity index (χ2n) is 2.74. The van der Waals surface area contributed by atoms with Crippen LogP contribution in [0.1, 0.15) is 0 Å². The third-order valence-corrected chi connectivity index (χ3v) is 3.36. The van der Waals surface area contributed by atoms with Crippen molar-refractivity contribution in [3.05, 3.63) is 12.1 Å². The largest absolute Gasteiger partial charge is 0.506 e. The van der Waals surface area contributed by atoms with E-state index in [1.165, 1.54) is 0 Å². The van der Waals surface area contributed by atoms with Gasteiger partial charge in [0.2, 0.25) is 0 Å². The second kappa shape index (κ2) is 6.88. The first-order valence-corrected chi connectivity index (χ1v) is 6.42. The first kappa shape index (κ1) is 20.9. The maximum atomic E-state index is 10.7. The summed E-state index contributed by atoms with van der Waals surface area (Å²) in [5.74, 6) is -2.10. The van der Waals surface area contributed by atoms with Crippen LogP contribution in [0.2, 0.25) is 0 Å². The van der Waals surface area contributed by atoms with Gasteiger partial charge in [-0.1, -0.05) is 0 Å². The molecule has 12 heteroatoms. The van der Waals surface area contributed by atoms with Crippen LogP contribution >= 0.6 is 0 Å². The summed E-state index contributed by atoms with van der Waals surface area (Å²) in [5, 5.41) is 18.1. The predicted molar refractivity (Wildman–Crippen MR) is 60.9 cm³/mol. The van der Waals surface area contributed by atoms with Crippen molar-refractivity contribution in [2.24, 2.45) is 0 Å². The van der Waals surface area contributed by atoms with Crippen LogP contribution in [0.5, 0.6) is 11.5 Å². The van der Waals surface area contributed by atoms with E-state index in [1.54, 1.807) is 0 Å². The molecule has 0 aromatic heterocycles. The Balaban J connectivity index is 0. The Hall–Kier alpha value is 0.640. The van der Waals surface area contributed by atoms with Crippen molar-refractivity contribution < 1.29 is 36.2 Å². The molecule has 2 radical (unpaired) electrons. The van der Waals surface area contributed by atoms with Crippen molar-refractivity contribution in [2.75, 3.05) is 0 Å². The van der Waals surface area contributed by atoms with Gasteiger partial charge in [0, 0.05) is 65.2 Å². The molecule has 0 amide bonds. The van der Waals surface area contributed by atoms with Gasteiger partial charge in [0.25, 0.3) is 20.2 Å². The van der Waals surface area contributed by atoms with E-state index in [0.717, 1.165) is 0 Å². The normalized spacial score (nSPS) is 11.2. The molecule has 1 aromatic carbocycles. The van der Waals surface area contributed by atoms with Crippen LogP contribution in [0.3, 0.4) is 0 Å². The topological polar surface area (TPSA) is 149 Å². The molecule has 1 rings (SSSR count). The van der Waals surface area contributed by atoms with Gasteiger partial charge in [0.15, 0.2) is 0 Å². The quantitative estimate of drug-likeness (QED) is 0.394. The molecule has 1 aromatic rings. The Morgan fingerprint density at radius 3 is 1.22 bits per heavy atom. The van der Waals surface area contributed by atoms with E-state index < -0.39 is 41.5 Å². The molecule has 0 bridgehead atoms. The molecule has 0 aliphatic carbocycles. The minimum atomic E-state index is -4.87. The number of phenolic OH excluding ortho intramolecular Hbond substituents is 2. The van der Waals surface area contributed by atoms with Crippen LogP contribution < -0.4 is 0 Å². The molecule has 0 fully saturated rings. The Kier molecular flexibility index (Phi) is 8.01. The van der Waals surface area contributed by atoms with Gasteiger partial charge in [0.1, 0.15) is 21.3 Å². The van der Waals surface area contributed by atoms with Gasteiger partial charge < -0.3 is 10.2 Å². The molecule has 0 saturated carbocycles. The van der Waals surface area contributed by atoms with Crippen molar-refractivity contribution in [1.29, 1.82) is 0 Å². The summed E-state index contributed by atoms with van der Waals surface area (Å²) < 4.78 is 59.9. The molecule has 4 N–H and O–H groups in total. The van der Waals surface area contributed by atoms with Crippen LogP contribution in [-0.2, 0) is 20.2 Å². The average molecular weight is 316 g/mol. The predicted octanol–water partition coefficient (Wildman–Crippen LogP) is -1.17. The van der Waals surface area contributed by atoms with Crippen molar-refractivity contribution in [2.45, 2.75) is 9.79 Å². The number of phenols is 2. The molecule has 0 aliphatic heterocycles. The van der Waals surface area contributed by atoms with Crippen molar-refractivity contribution >= 4 is 79.4 Å². The van der Waals surface area contributed by atoms with Gasteiger partial charge in [0.05, 0.1) is 0 Å². The van der Waals surface area contributed by atoms with Gasteiger partial charge in [-0.15, -0.1) is 0 Å². The molecule has 0 spiro atoms. The average Bonchev–Trinajstić information content (AvgIpc) is 1.97. The molecular weight excluding hydrogens is 310 g/mol. The number of rotatable bonds is 2. The smallest absolute Gasteiger partial charge is 0.298 e. The fourth-order valence-corrected chi connectivity index (χ4v) is 2.21. The third kappa shape index (κ3) is 4.96. The first-order chi connectivity index (χ1) is 7.03. The maximum Gasteiger partial charge on any atom is 0.298 e. The summed E-state index contributed by atoms with van der Waals surface area (Å²) in [6.07, 6.45) is 0. The SMILES string of the molecule is O=S(=O)(O)c1cc(S(=O)(=O)O)c(O)cc1O.[Na].[Na]. The molecule has 0 heterocycles. The van der Waals surface area contributed by atoms with Crippen LogP contribution in [0.15, 0.2) is 21.9 Å². The second-order valence-corrected chi connectivity index (χ2v) is 5.52. The van der Waals surface area contributed by atoms with Crippen LogP contribution in [0, 0.1) is 0 Å². The number of hydrogen-bond acceptors (Lipinski definition) is 6. The summed E-state index contributed by atoms with van der Waals surface area (Å²) in [7, 11) is -9.74. The minimum absolute atomic E-state index is 0. The molecule has 0 atom stereocenters. The van der Waals surface area contributed by atoms with Crippen LogP contribution in [0.4, 0.5) is 0 Å². The third-order valence-electron chi connectivity index (χ3n) is 1.60. The van der Waals surface area contributed by atoms with Gasteiger partial charge >= 0.3 is 0 Å². The minimum Gasteiger partial charge on any atom is -0.506 e. The van der Waals surface area contributed by atoms with Crippen LogP contribution in [0.25, 0.3) is 0 Å². The zero-order chi connectivity index (χ0) is 12.7. The van der Waals surface area contributed by atoms with Crippen molar-refractivity contribution in [1.82, 2.24) is 0 Å². The first-order valence-electron chi connectivity index (χ1n) is 3.54. The Bertz CT molecular complexity index is 583. The summed E-state index contributed by atoms with van der Waals surface area (Å²) >= 11 is 0. The Labute approximate surface area is 147 Å². The van der Waals surface area contributed by atoms with Gasteiger partial charge in [-0.3, -0.25) is 9.11 Å². The molecule has 0 unspecified atom stereocenters. The molecule has 18 heavy (non-hydrogen) atoms. The number of benzene rings is 1. The fourth-order valence-electron chi connectivity index (χ4n) is 0.952. The number of hydrogen-bond donors (Lipinski definition) is 4. The molecule has 92 valence electrons. The summed E-state index contributed by atoms with van der Waals surface area (Å²) in [5.41, 5.74) is 0. The van der Waals surface area contributed by atoms with E-state index >= 15 is 0 Å². The van der Waals surface area contributed by atoms with E-state index in [9.17, 15) is 16.8 Å². The molecular formula is C6H6Na2O8S2. The standard InChI is InChI=1S/C6H6O8S2.2Na/c7-3-1-4(8)6(16(12,13)14)2-5(3)15(9,10)11;;/h1-2,7-8H,(H,9,10,11)(H,12,13,14);;. The fraction of sp³-hybridized carbons (Fsp3) is 0. The van der Waals surface area contributed by atoms with E-state index in [2.05, 4.69) is 0 Å². The van der Waals surface area contributed by atoms with Crippen LogP contribution in [-0.4, -0.2) is 95.3 Å². The summed E-state index contributed by atoms with van der Waals surface area (Å²) in [4.78, 5) is -2.28. The van der Waals surface area contributed by atoms with E-state index in [-0.39, 0.29) is 65.2 Å².